The number of aromatic nitrogens is 2. The zero-order chi connectivity index (χ0) is 17.1. The number of hydrogen-bond donors (Lipinski definition) is 2. The molecule has 3 rings (SSSR count). The van der Waals surface area contributed by atoms with E-state index in [2.05, 4.69) is 40.5 Å². The standard InChI is InChI=1S/C19H19ClN4/c1-12-7-6-10-16(14(12)3)22-18-11-13(2)21-19(24-18)23-17-9-5-4-8-15(17)20/h4-11H,1-3H3,(H2,21,22,23,24). The maximum atomic E-state index is 6.19. The zero-order valence-corrected chi connectivity index (χ0v) is 14.6. The van der Waals surface area contributed by atoms with Gasteiger partial charge in [0, 0.05) is 17.4 Å². The third kappa shape index (κ3) is 3.66. The minimum absolute atomic E-state index is 0.510. The summed E-state index contributed by atoms with van der Waals surface area (Å²) in [6.07, 6.45) is 0. The van der Waals surface area contributed by atoms with Crippen molar-refractivity contribution in [2.45, 2.75) is 20.8 Å². The molecule has 4 nitrogen and oxygen atoms in total. The highest BCUT2D eigenvalue weighted by atomic mass is 35.5. The largest absolute Gasteiger partial charge is 0.340 e. The SMILES string of the molecule is Cc1cc(Nc2cccc(C)c2C)nc(Nc2ccccc2Cl)n1. The van der Waals surface area contributed by atoms with E-state index in [-0.39, 0.29) is 0 Å². The van der Waals surface area contributed by atoms with Crippen LogP contribution in [-0.4, -0.2) is 9.97 Å². The lowest BCUT2D eigenvalue weighted by atomic mass is 10.1. The number of aryl methyl sites for hydroxylation is 2. The molecule has 0 amide bonds. The van der Waals surface area contributed by atoms with Gasteiger partial charge in [0.1, 0.15) is 5.82 Å². The van der Waals surface area contributed by atoms with Crippen LogP contribution in [0, 0.1) is 20.8 Å². The summed E-state index contributed by atoms with van der Waals surface area (Å²) in [7, 11) is 0. The molecule has 24 heavy (non-hydrogen) atoms. The van der Waals surface area contributed by atoms with Crippen LogP contribution in [0.4, 0.5) is 23.1 Å². The Kier molecular flexibility index (Phi) is 4.67. The van der Waals surface area contributed by atoms with Gasteiger partial charge in [-0.25, -0.2) is 4.98 Å². The lowest BCUT2D eigenvalue weighted by Gasteiger charge is -2.13. The molecule has 3 aromatic rings. The minimum Gasteiger partial charge on any atom is -0.340 e. The molecule has 0 saturated carbocycles. The van der Waals surface area contributed by atoms with E-state index in [1.165, 1.54) is 11.1 Å². The van der Waals surface area contributed by atoms with Crippen LogP contribution >= 0.6 is 11.6 Å². The first kappa shape index (κ1) is 16.3. The smallest absolute Gasteiger partial charge is 0.229 e. The molecule has 0 aliphatic rings. The van der Waals surface area contributed by atoms with Crippen molar-refractivity contribution in [1.29, 1.82) is 0 Å². The van der Waals surface area contributed by atoms with E-state index in [1.807, 2.05) is 49.4 Å². The van der Waals surface area contributed by atoms with Crippen molar-refractivity contribution in [3.8, 4) is 0 Å². The summed E-state index contributed by atoms with van der Waals surface area (Å²) >= 11 is 6.19. The van der Waals surface area contributed by atoms with Gasteiger partial charge >= 0.3 is 0 Å². The van der Waals surface area contributed by atoms with Crippen LogP contribution in [0.2, 0.25) is 5.02 Å². The zero-order valence-electron chi connectivity index (χ0n) is 13.9. The minimum atomic E-state index is 0.510. The second-order valence-electron chi connectivity index (χ2n) is 5.70. The van der Waals surface area contributed by atoms with Crippen LogP contribution in [0.25, 0.3) is 0 Å². The van der Waals surface area contributed by atoms with Crippen molar-refractivity contribution in [1.82, 2.24) is 9.97 Å². The van der Waals surface area contributed by atoms with E-state index in [4.69, 9.17) is 11.6 Å². The third-order valence-electron chi connectivity index (χ3n) is 3.84. The number of rotatable bonds is 4. The van der Waals surface area contributed by atoms with Crippen molar-refractivity contribution >= 4 is 34.7 Å². The molecular weight excluding hydrogens is 320 g/mol. The number of anilines is 4. The maximum absolute atomic E-state index is 6.19. The molecule has 0 radical (unpaired) electrons. The Bertz CT molecular complexity index is 877. The normalized spacial score (nSPS) is 10.5. The van der Waals surface area contributed by atoms with Gasteiger partial charge in [0.25, 0.3) is 0 Å². The van der Waals surface area contributed by atoms with Crippen LogP contribution in [0.1, 0.15) is 16.8 Å². The summed E-state index contributed by atoms with van der Waals surface area (Å²) in [5.74, 6) is 1.25. The van der Waals surface area contributed by atoms with Gasteiger partial charge in [0.2, 0.25) is 5.95 Å². The molecule has 0 spiro atoms. The lowest BCUT2D eigenvalue weighted by Crippen LogP contribution is -2.03. The van der Waals surface area contributed by atoms with Gasteiger partial charge in [-0.3, -0.25) is 0 Å². The topological polar surface area (TPSA) is 49.8 Å². The molecule has 0 fully saturated rings. The summed E-state index contributed by atoms with van der Waals surface area (Å²) in [5.41, 5.74) is 5.13. The average molecular weight is 339 g/mol. The second kappa shape index (κ2) is 6.89. The third-order valence-corrected chi connectivity index (χ3v) is 4.17. The second-order valence-corrected chi connectivity index (χ2v) is 6.10. The van der Waals surface area contributed by atoms with Gasteiger partial charge in [0.05, 0.1) is 10.7 Å². The first-order valence-corrected chi connectivity index (χ1v) is 8.11. The number of hydrogen-bond acceptors (Lipinski definition) is 4. The number of nitrogens with zero attached hydrogens (tertiary/aromatic N) is 2. The quantitative estimate of drug-likeness (QED) is 0.655. The maximum Gasteiger partial charge on any atom is 0.229 e. The molecule has 0 saturated heterocycles. The summed E-state index contributed by atoms with van der Waals surface area (Å²) in [4.78, 5) is 8.98. The summed E-state index contributed by atoms with van der Waals surface area (Å²) in [6.45, 7) is 6.12. The van der Waals surface area contributed by atoms with Crippen LogP contribution in [-0.2, 0) is 0 Å². The van der Waals surface area contributed by atoms with Gasteiger partial charge in [-0.15, -0.1) is 0 Å². The van der Waals surface area contributed by atoms with Gasteiger partial charge in [-0.1, -0.05) is 35.9 Å². The average Bonchev–Trinajstić information content (AvgIpc) is 2.54. The van der Waals surface area contributed by atoms with Crippen molar-refractivity contribution < 1.29 is 0 Å². The van der Waals surface area contributed by atoms with E-state index in [0.29, 0.717) is 11.0 Å². The monoisotopic (exact) mass is 338 g/mol. The van der Waals surface area contributed by atoms with Crippen molar-refractivity contribution in [3.05, 3.63) is 70.4 Å². The fourth-order valence-electron chi connectivity index (χ4n) is 2.40. The van der Waals surface area contributed by atoms with Crippen LogP contribution < -0.4 is 10.6 Å². The predicted octanol–water partition coefficient (Wildman–Crippen LogP) is 5.54. The van der Waals surface area contributed by atoms with Crippen molar-refractivity contribution in [3.63, 3.8) is 0 Å². The molecule has 2 N–H and O–H groups in total. The number of nitrogens with one attached hydrogen (secondary N) is 2. The number of benzene rings is 2. The molecule has 0 aliphatic heterocycles. The number of para-hydroxylation sites is 1. The molecule has 0 atom stereocenters. The molecular formula is C19H19ClN4. The molecule has 0 unspecified atom stereocenters. The fraction of sp³-hybridized carbons (Fsp3) is 0.158. The Morgan fingerprint density at radius 2 is 1.58 bits per heavy atom. The molecule has 0 aliphatic carbocycles. The summed E-state index contributed by atoms with van der Waals surface area (Å²) in [6, 6.07) is 15.6. The van der Waals surface area contributed by atoms with Crippen molar-refractivity contribution in [2.24, 2.45) is 0 Å². The van der Waals surface area contributed by atoms with Gasteiger partial charge in [0.15, 0.2) is 0 Å². The van der Waals surface area contributed by atoms with E-state index in [1.54, 1.807) is 0 Å². The molecule has 0 bridgehead atoms. The van der Waals surface area contributed by atoms with E-state index < -0.39 is 0 Å². The Morgan fingerprint density at radius 1 is 0.833 bits per heavy atom. The molecule has 5 heteroatoms. The first-order valence-electron chi connectivity index (χ1n) is 7.73. The van der Waals surface area contributed by atoms with Crippen LogP contribution in [0.15, 0.2) is 48.5 Å². The molecule has 1 aromatic heterocycles. The predicted molar refractivity (Wildman–Crippen MR) is 101 cm³/mol. The first-order chi connectivity index (χ1) is 11.5. The highest BCUT2D eigenvalue weighted by Crippen LogP contribution is 2.26. The highest BCUT2D eigenvalue weighted by Gasteiger charge is 2.07. The Hall–Kier alpha value is -2.59. The van der Waals surface area contributed by atoms with E-state index in [9.17, 15) is 0 Å². The molecule has 2 aromatic carbocycles. The fourth-order valence-corrected chi connectivity index (χ4v) is 2.58. The van der Waals surface area contributed by atoms with E-state index in [0.717, 1.165) is 22.9 Å². The molecule has 1 heterocycles. The summed E-state index contributed by atoms with van der Waals surface area (Å²) < 4.78 is 0. The molecule has 122 valence electrons. The van der Waals surface area contributed by atoms with Gasteiger partial charge < -0.3 is 10.6 Å². The number of halogens is 1. The lowest BCUT2D eigenvalue weighted by molar-refractivity contribution is 1.11. The van der Waals surface area contributed by atoms with Crippen molar-refractivity contribution in [2.75, 3.05) is 10.6 Å². The Balaban J connectivity index is 1.89. The van der Waals surface area contributed by atoms with Gasteiger partial charge in [-0.05, 0) is 50.1 Å². The van der Waals surface area contributed by atoms with E-state index >= 15 is 0 Å². The Morgan fingerprint density at radius 3 is 2.38 bits per heavy atom. The highest BCUT2D eigenvalue weighted by molar-refractivity contribution is 6.33. The van der Waals surface area contributed by atoms with Crippen LogP contribution in [0.5, 0.6) is 0 Å². The van der Waals surface area contributed by atoms with Crippen LogP contribution in [0.3, 0.4) is 0 Å². The van der Waals surface area contributed by atoms with Gasteiger partial charge in [-0.2, -0.15) is 4.98 Å². The summed E-state index contributed by atoms with van der Waals surface area (Å²) in [5, 5.41) is 7.17. The Labute approximate surface area is 146 Å².